The van der Waals surface area contributed by atoms with Gasteiger partial charge in [0.15, 0.2) is 0 Å². The van der Waals surface area contributed by atoms with Crippen LogP contribution < -0.4 is 0 Å². The fraction of sp³-hybridized carbons (Fsp3) is 0.121. The summed E-state index contributed by atoms with van der Waals surface area (Å²) in [6.45, 7) is 17.1. The lowest BCUT2D eigenvalue weighted by atomic mass is 9.93. The molecule has 0 nitrogen and oxygen atoms in total. The maximum atomic E-state index is 2.47. The molecule has 0 heterocycles. The number of rotatable bonds is 0. The molecular weight excluding hydrogens is 1690 g/mol. The molecule has 23 aromatic carbocycles. The van der Waals surface area contributed by atoms with Crippen LogP contribution in [0.2, 0.25) is 0 Å². The van der Waals surface area contributed by atoms with Crippen LogP contribution in [0.3, 0.4) is 0 Å². The summed E-state index contributed by atoms with van der Waals surface area (Å²) in [6, 6.07) is 152. The Kier molecular flexibility index (Phi) is 21.9. The molecule has 0 N–H and O–H groups in total. The van der Waals surface area contributed by atoms with Crippen LogP contribution in [0.4, 0.5) is 0 Å². The zero-order valence-corrected chi connectivity index (χ0v) is 81.6. The molecule has 0 fully saturated rings. The Labute approximate surface area is 828 Å². The van der Waals surface area contributed by atoms with Crippen molar-refractivity contribution >= 4 is 75.4 Å². The molecule has 0 unspecified atom stereocenters. The standard InChI is InChI=1S/2C25H18.4C18H14.C17H12.C2H6/c1-15-10-19-12-18-13-23-17(11-16-6-2-3-8-21(16)23)14-24(18)25(19)22-9-5-4-7-20(15)22;1-15-6-9-21-18(10-15)12-19-14-24-20(13-23(19)21)11-17-8-7-16-4-2-3-5-22(16)25(17)24;1-12-10-14-11-13-6-2-3-8-16(13)18(14)17-9-5-4-7-15(12)17;1-12-6-8-16-14(10-12)7-9-17-15-5-3-2-4-13(15)11-18(16)17;1-12-6-7-13-11-18-16(10-15(13)8-12)9-14-4-2-3-5-17(14)18;1-12-6-7-17-15(8-12)10-16-9-13-4-2-3-5-14(13)11-18(16)17;1-3-7-14-12(5-1)9-10-16-15-8-4-2-6-13(15)11-17(14)16;1-2/h2*2-10,13-14H,11-12H2,1H3;2*2-10H,11H2,1H3;2-8,10-11H,9H2,1H3;2-9,11H,10H2,1H3;1-10H,11H2;1-2H3. The van der Waals surface area contributed by atoms with E-state index in [2.05, 4.69) is 454 Å². The molecule has 141 heavy (non-hydrogen) atoms. The summed E-state index contributed by atoms with van der Waals surface area (Å²) in [5, 5.41) is 19.2. The van der Waals surface area contributed by atoms with Crippen molar-refractivity contribution in [3.63, 3.8) is 0 Å². The summed E-state index contributed by atoms with van der Waals surface area (Å²) < 4.78 is 0. The smallest absolute Gasteiger partial charge is 0.000729 e. The van der Waals surface area contributed by atoms with Crippen molar-refractivity contribution in [1.29, 1.82) is 0 Å². The van der Waals surface area contributed by atoms with Gasteiger partial charge in [-0.3, -0.25) is 0 Å². The zero-order valence-electron chi connectivity index (χ0n) is 81.6. The minimum Gasteiger partial charge on any atom is -0.0683 e. The highest BCUT2D eigenvalue weighted by Gasteiger charge is 2.32. The molecule has 0 radical (unpaired) electrons. The highest BCUT2D eigenvalue weighted by molar-refractivity contribution is 6.07. The molecule has 0 amide bonds. The Balaban J connectivity index is 0.0000000869. The molecule has 32 rings (SSSR count). The molecule has 0 bridgehead atoms. The van der Waals surface area contributed by atoms with Crippen LogP contribution in [-0.2, 0) is 57.8 Å². The number of hydrogen-bond donors (Lipinski definition) is 0. The van der Waals surface area contributed by atoms with Crippen LogP contribution in [0.1, 0.15) is 147 Å². The van der Waals surface area contributed by atoms with Crippen LogP contribution in [0, 0.1) is 41.5 Å². The molecule has 9 aliphatic carbocycles. The molecule has 0 atom stereocenters. The second kappa shape index (κ2) is 35.7. The predicted octanol–water partition coefficient (Wildman–Crippen LogP) is 36.9. The molecule has 9 aliphatic rings. The summed E-state index contributed by atoms with van der Waals surface area (Å²) in [6.07, 6.45) is 9.65. The number of benzene rings is 23. The van der Waals surface area contributed by atoms with Gasteiger partial charge in [0.1, 0.15) is 0 Å². The van der Waals surface area contributed by atoms with Gasteiger partial charge in [-0.25, -0.2) is 0 Å². The Morgan fingerprint density at radius 1 is 0.128 bits per heavy atom. The van der Waals surface area contributed by atoms with Crippen molar-refractivity contribution in [2.75, 3.05) is 0 Å². The molecule has 0 saturated carbocycles. The largest absolute Gasteiger partial charge is 0.0683 e. The topological polar surface area (TPSA) is 0 Å². The summed E-state index contributed by atoms with van der Waals surface area (Å²) in [5.74, 6) is 0. The van der Waals surface area contributed by atoms with E-state index in [-0.39, 0.29) is 0 Å². The molecule has 23 aromatic rings. The monoisotopic (exact) mass is 1800 g/mol. The first-order valence-electron chi connectivity index (χ1n) is 50.8. The lowest BCUT2D eigenvalue weighted by Gasteiger charge is -2.11. The average molecular weight is 1800 g/mol. The van der Waals surface area contributed by atoms with Crippen molar-refractivity contribution < 1.29 is 0 Å². The Hall–Kier alpha value is -16.1. The van der Waals surface area contributed by atoms with Gasteiger partial charge in [-0.05, 0) is 423 Å². The first kappa shape index (κ1) is 86.5. The van der Waals surface area contributed by atoms with E-state index in [1.54, 1.807) is 0 Å². The zero-order chi connectivity index (χ0) is 94.8. The van der Waals surface area contributed by atoms with E-state index in [4.69, 9.17) is 0 Å². The number of hydrogen-bond acceptors (Lipinski definition) is 0. The van der Waals surface area contributed by atoms with E-state index in [1.165, 1.54) is 309 Å². The fourth-order valence-electron chi connectivity index (χ4n) is 24.9. The summed E-state index contributed by atoms with van der Waals surface area (Å²) >= 11 is 0. The Bertz CT molecular complexity index is 9090. The minimum atomic E-state index is 1.06. The van der Waals surface area contributed by atoms with Gasteiger partial charge < -0.3 is 0 Å². The van der Waals surface area contributed by atoms with Gasteiger partial charge in [0.25, 0.3) is 0 Å². The second-order valence-electron chi connectivity index (χ2n) is 40.2. The van der Waals surface area contributed by atoms with Crippen LogP contribution in [0.15, 0.2) is 413 Å². The first-order valence-corrected chi connectivity index (χ1v) is 50.8. The normalized spacial score (nSPS) is 12.7. The molecule has 674 valence electrons. The van der Waals surface area contributed by atoms with Gasteiger partial charge >= 0.3 is 0 Å². The van der Waals surface area contributed by atoms with E-state index >= 15 is 0 Å². The van der Waals surface area contributed by atoms with Crippen LogP contribution in [0.5, 0.6) is 0 Å². The van der Waals surface area contributed by atoms with E-state index in [0.717, 1.165) is 57.8 Å². The lowest BCUT2D eigenvalue weighted by Crippen LogP contribution is -1.87. The molecular formula is C141H110. The van der Waals surface area contributed by atoms with E-state index in [1.807, 2.05) is 13.8 Å². The highest BCUT2D eigenvalue weighted by Crippen LogP contribution is 2.53. The van der Waals surface area contributed by atoms with Crippen molar-refractivity contribution in [2.45, 2.75) is 113 Å². The molecule has 0 aromatic heterocycles. The molecule has 0 heteroatoms. The second-order valence-corrected chi connectivity index (χ2v) is 40.2. The predicted molar refractivity (Wildman–Crippen MR) is 602 cm³/mol. The van der Waals surface area contributed by atoms with Crippen LogP contribution in [0.25, 0.3) is 176 Å². The maximum absolute atomic E-state index is 2.47. The van der Waals surface area contributed by atoms with E-state index < -0.39 is 0 Å². The van der Waals surface area contributed by atoms with Gasteiger partial charge in [0.05, 0.1) is 0 Å². The van der Waals surface area contributed by atoms with Crippen LogP contribution >= 0.6 is 0 Å². The Morgan fingerprint density at radius 3 is 0.936 bits per heavy atom. The summed E-state index contributed by atoms with van der Waals surface area (Å²) in [5.41, 5.74) is 60.5. The van der Waals surface area contributed by atoms with Crippen molar-refractivity contribution in [3.8, 4) is 100 Å². The Morgan fingerprint density at radius 2 is 0.404 bits per heavy atom. The third-order valence-corrected chi connectivity index (χ3v) is 31.4. The van der Waals surface area contributed by atoms with Crippen molar-refractivity contribution in [1.82, 2.24) is 0 Å². The van der Waals surface area contributed by atoms with Gasteiger partial charge in [-0.1, -0.05) is 412 Å². The SMILES string of the molecule is CC.Cc1cc2c(c3ccccc13)-c1cc3c(cc1C2)-c1ccccc1C3.Cc1cc2c(c3ccccc13)-c1ccccc1C2.Cc1ccc2c(c1)Cc1cc3c(cc1-2)Cc1ccc2ccccc2c1-3.Cc1ccc2c(c1)Cc1cc3ccccc3cc1-2.Cc1ccc2c3c(ccc2c1)-c1ccccc1C3.Cc1ccc2cc3c(cc2c1)Cc1ccccc1-3.c1ccc2c(c1)Cc1c-2ccc2ccccc12. The quantitative estimate of drug-likeness (QED) is 0.142. The molecule has 0 saturated heterocycles. The lowest BCUT2D eigenvalue weighted by molar-refractivity contribution is 1.23. The average Bonchev–Trinajstić information content (AvgIpc) is 1.57. The third-order valence-electron chi connectivity index (χ3n) is 31.4. The molecule has 0 aliphatic heterocycles. The summed E-state index contributed by atoms with van der Waals surface area (Å²) in [7, 11) is 0. The van der Waals surface area contributed by atoms with Gasteiger partial charge in [-0.2, -0.15) is 0 Å². The summed E-state index contributed by atoms with van der Waals surface area (Å²) in [4.78, 5) is 0. The third kappa shape index (κ3) is 15.5. The van der Waals surface area contributed by atoms with E-state index in [9.17, 15) is 0 Å². The molecule has 0 spiro atoms. The fourth-order valence-corrected chi connectivity index (χ4v) is 24.9. The van der Waals surface area contributed by atoms with Crippen LogP contribution in [-0.4, -0.2) is 0 Å². The minimum absolute atomic E-state index is 1.06. The maximum Gasteiger partial charge on any atom is -0.000729 e. The van der Waals surface area contributed by atoms with Gasteiger partial charge in [0.2, 0.25) is 0 Å². The number of fused-ring (bicyclic) bond motifs is 39. The van der Waals surface area contributed by atoms with Crippen molar-refractivity contribution in [2.24, 2.45) is 0 Å². The van der Waals surface area contributed by atoms with Gasteiger partial charge in [0, 0.05) is 0 Å². The first-order chi connectivity index (χ1) is 69.3. The van der Waals surface area contributed by atoms with Gasteiger partial charge in [-0.15, -0.1) is 0 Å². The van der Waals surface area contributed by atoms with E-state index in [0.29, 0.717) is 0 Å². The van der Waals surface area contributed by atoms with Crippen molar-refractivity contribution in [3.05, 3.63) is 546 Å². The highest BCUT2D eigenvalue weighted by atomic mass is 14.4. The number of aryl methyl sites for hydroxylation is 6.